The summed E-state index contributed by atoms with van der Waals surface area (Å²) in [7, 11) is 0. The van der Waals surface area contributed by atoms with Crippen molar-refractivity contribution in [3.63, 3.8) is 0 Å². The lowest BCUT2D eigenvalue weighted by Gasteiger charge is -2.10. The van der Waals surface area contributed by atoms with Crippen LogP contribution in [0.1, 0.15) is 24.9 Å². The van der Waals surface area contributed by atoms with Crippen LogP contribution in [0.2, 0.25) is 0 Å². The Morgan fingerprint density at radius 1 is 1.33 bits per heavy atom. The molecule has 1 nitrogen and oxygen atoms in total. The summed E-state index contributed by atoms with van der Waals surface area (Å²) < 4.78 is 0. The Labute approximate surface area is 73.6 Å². The van der Waals surface area contributed by atoms with Gasteiger partial charge in [-0.15, -0.1) is 0 Å². The third-order valence-corrected chi connectivity index (χ3v) is 2.82. The summed E-state index contributed by atoms with van der Waals surface area (Å²) in [5.41, 5.74) is 7.37. The normalized spacial score (nSPS) is 29.8. The molecule has 0 aromatic heterocycles. The number of nitrogens with two attached hydrogens (primary N) is 1. The molecule has 2 rings (SSSR count). The van der Waals surface area contributed by atoms with E-state index in [0.29, 0.717) is 0 Å². The maximum Gasteiger partial charge on any atom is 0.0326 e. The van der Waals surface area contributed by atoms with Crippen LogP contribution < -0.4 is 5.73 Å². The summed E-state index contributed by atoms with van der Waals surface area (Å²) in [5.74, 6) is 1.56. The average Bonchev–Trinajstić information content (AvgIpc) is 2.83. The largest absolute Gasteiger partial charge is 0.324 e. The van der Waals surface area contributed by atoms with Gasteiger partial charge in [-0.2, -0.15) is 0 Å². The summed E-state index contributed by atoms with van der Waals surface area (Å²) in [4.78, 5) is 0. The Kier molecular flexibility index (Phi) is 1.89. The van der Waals surface area contributed by atoms with Crippen molar-refractivity contribution in [3.05, 3.63) is 35.9 Å². The van der Waals surface area contributed by atoms with E-state index < -0.39 is 0 Å². The molecule has 1 aliphatic carbocycles. The van der Waals surface area contributed by atoms with Crippen molar-refractivity contribution < 1.29 is 0 Å². The van der Waals surface area contributed by atoms with Gasteiger partial charge in [-0.05, 0) is 23.8 Å². The van der Waals surface area contributed by atoms with E-state index in [-0.39, 0.29) is 6.04 Å². The summed E-state index contributed by atoms with van der Waals surface area (Å²) >= 11 is 0. The van der Waals surface area contributed by atoms with Crippen LogP contribution in [0.25, 0.3) is 0 Å². The van der Waals surface area contributed by atoms with Crippen LogP contribution in [-0.2, 0) is 0 Å². The fraction of sp³-hybridized carbons (Fsp3) is 0.455. The summed E-state index contributed by atoms with van der Waals surface area (Å²) in [6.45, 7) is 2.27. The maximum atomic E-state index is 6.09. The highest BCUT2D eigenvalue weighted by molar-refractivity contribution is 5.20. The highest BCUT2D eigenvalue weighted by Gasteiger charge is 2.37. The van der Waals surface area contributed by atoms with E-state index >= 15 is 0 Å². The second-order valence-electron chi connectivity index (χ2n) is 3.81. The predicted molar refractivity (Wildman–Crippen MR) is 50.6 cm³/mol. The molecule has 3 atom stereocenters. The average molecular weight is 161 g/mol. The van der Waals surface area contributed by atoms with Gasteiger partial charge in [0, 0.05) is 6.04 Å². The molecule has 64 valence electrons. The van der Waals surface area contributed by atoms with Gasteiger partial charge < -0.3 is 5.73 Å². The molecule has 12 heavy (non-hydrogen) atoms. The zero-order chi connectivity index (χ0) is 8.55. The fourth-order valence-corrected chi connectivity index (χ4v) is 1.77. The first-order valence-corrected chi connectivity index (χ1v) is 4.59. The zero-order valence-corrected chi connectivity index (χ0v) is 7.40. The number of hydrogen-bond acceptors (Lipinski definition) is 1. The van der Waals surface area contributed by atoms with E-state index in [0.717, 1.165) is 11.8 Å². The molecule has 1 aromatic carbocycles. The quantitative estimate of drug-likeness (QED) is 0.708. The van der Waals surface area contributed by atoms with Gasteiger partial charge in [0.15, 0.2) is 0 Å². The van der Waals surface area contributed by atoms with Crippen LogP contribution in [0, 0.1) is 11.8 Å². The van der Waals surface area contributed by atoms with Gasteiger partial charge in [-0.1, -0.05) is 37.3 Å². The molecule has 0 spiro atoms. The lowest BCUT2D eigenvalue weighted by molar-refractivity contribution is 0.593. The Morgan fingerprint density at radius 2 is 1.92 bits per heavy atom. The van der Waals surface area contributed by atoms with E-state index in [1.165, 1.54) is 12.0 Å². The van der Waals surface area contributed by atoms with E-state index in [1.807, 2.05) is 6.07 Å². The van der Waals surface area contributed by atoms with E-state index in [4.69, 9.17) is 5.73 Å². The Balaban J connectivity index is 2.10. The number of rotatable bonds is 2. The minimum atomic E-state index is 0.265. The molecule has 1 aliphatic rings. The van der Waals surface area contributed by atoms with Crippen LogP contribution in [-0.4, -0.2) is 0 Å². The van der Waals surface area contributed by atoms with Crippen LogP contribution in [0.5, 0.6) is 0 Å². The second-order valence-corrected chi connectivity index (χ2v) is 3.81. The van der Waals surface area contributed by atoms with Crippen molar-refractivity contribution >= 4 is 0 Å². The number of benzene rings is 1. The van der Waals surface area contributed by atoms with E-state index in [9.17, 15) is 0 Å². The Morgan fingerprint density at radius 3 is 2.42 bits per heavy atom. The first-order chi connectivity index (χ1) is 5.79. The van der Waals surface area contributed by atoms with Gasteiger partial charge in [0.05, 0.1) is 0 Å². The SMILES string of the molecule is C[C@H]1C[C@H]1[C@H](N)c1ccccc1. The van der Waals surface area contributed by atoms with Crippen LogP contribution in [0.4, 0.5) is 0 Å². The monoisotopic (exact) mass is 161 g/mol. The van der Waals surface area contributed by atoms with Crippen LogP contribution in [0.3, 0.4) is 0 Å². The molecular weight excluding hydrogens is 146 g/mol. The summed E-state index contributed by atoms with van der Waals surface area (Å²) in [5, 5.41) is 0. The van der Waals surface area contributed by atoms with Gasteiger partial charge in [0.2, 0.25) is 0 Å². The zero-order valence-electron chi connectivity index (χ0n) is 7.40. The lowest BCUT2D eigenvalue weighted by atomic mass is 10.0. The van der Waals surface area contributed by atoms with Crippen molar-refractivity contribution in [1.82, 2.24) is 0 Å². The van der Waals surface area contributed by atoms with Crippen LogP contribution >= 0.6 is 0 Å². The molecule has 0 saturated heterocycles. The number of hydrogen-bond donors (Lipinski definition) is 1. The van der Waals surface area contributed by atoms with Crippen molar-refractivity contribution in [2.75, 3.05) is 0 Å². The summed E-state index contributed by atoms with van der Waals surface area (Å²) in [6.07, 6.45) is 1.30. The molecule has 1 saturated carbocycles. The summed E-state index contributed by atoms with van der Waals surface area (Å²) in [6, 6.07) is 10.7. The lowest BCUT2D eigenvalue weighted by Crippen LogP contribution is -2.12. The third-order valence-electron chi connectivity index (χ3n) is 2.82. The molecule has 1 aromatic rings. The molecule has 0 heterocycles. The van der Waals surface area contributed by atoms with Gasteiger partial charge in [0.1, 0.15) is 0 Å². The van der Waals surface area contributed by atoms with E-state index in [1.54, 1.807) is 0 Å². The Bertz CT molecular complexity index is 255. The predicted octanol–water partition coefficient (Wildman–Crippen LogP) is 2.34. The molecule has 1 fully saturated rings. The molecule has 0 amide bonds. The van der Waals surface area contributed by atoms with Crippen LogP contribution in [0.15, 0.2) is 30.3 Å². The van der Waals surface area contributed by atoms with Gasteiger partial charge >= 0.3 is 0 Å². The van der Waals surface area contributed by atoms with Crippen molar-refractivity contribution in [2.24, 2.45) is 17.6 Å². The first kappa shape index (κ1) is 7.81. The van der Waals surface area contributed by atoms with Gasteiger partial charge in [-0.25, -0.2) is 0 Å². The van der Waals surface area contributed by atoms with Gasteiger partial charge in [0.25, 0.3) is 0 Å². The molecule has 0 aliphatic heterocycles. The molecule has 0 bridgehead atoms. The standard InChI is InChI=1S/C11H15N/c1-8-7-10(8)11(12)9-5-3-2-4-6-9/h2-6,8,10-11H,7,12H2,1H3/t8-,10+,11+/m0/s1. The molecule has 0 unspecified atom stereocenters. The van der Waals surface area contributed by atoms with Crippen molar-refractivity contribution in [3.8, 4) is 0 Å². The minimum Gasteiger partial charge on any atom is -0.324 e. The highest BCUT2D eigenvalue weighted by Crippen LogP contribution is 2.45. The Hall–Kier alpha value is -0.820. The minimum absolute atomic E-state index is 0.265. The molecular formula is C11H15N. The molecule has 0 radical (unpaired) electrons. The van der Waals surface area contributed by atoms with Crippen molar-refractivity contribution in [1.29, 1.82) is 0 Å². The fourth-order valence-electron chi connectivity index (χ4n) is 1.77. The first-order valence-electron chi connectivity index (χ1n) is 4.59. The third kappa shape index (κ3) is 1.37. The molecule has 2 N–H and O–H groups in total. The maximum absolute atomic E-state index is 6.09. The second kappa shape index (κ2) is 2.91. The smallest absolute Gasteiger partial charge is 0.0326 e. The van der Waals surface area contributed by atoms with E-state index in [2.05, 4.69) is 31.2 Å². The molecule has 1 heteroatoms. The van der Waals surface area contributed by atoms with Gasteiger partial charge in [-0.3, -0.25) is 0 Å². The topological polar surface area (TPSA) is 26.0 Å². The highest BCUT2D eigenvalue weighted by atomic mass is 14.7. The van der Waals surface area contributed by atoms with Crippen molar-refractivity contribution in [2.45, 2.75) is 19.4 Å².